The third-order valence-corrected chi connectivity index (χ3v) is 4.21. The van der Waals surface area contributed by atoms with Crippen LogP contribution < -0.4 is 0 Å². The lowest BCUT2D eigenvalue weighted by Crippen LogP contribution is -2.06. The first kappa shape index (κ1) is 16.5. The maximum atomic E-state index is 11.9. The fourth-order valence-corrected chi connectivity index (χ4v) is 2.91. The van der Waals surface area contributed by atoms with Gasteiger partial charge in [-0.3, -0.25) is 4.68 Å². The fourth-order valence-electron chi connectivity index (χ4n) is 2.91. The number of ether oxygens (including phenoxy) is 2. The van der Waals surface area contributed by atoms with Crippen LogP contribution in [0.3, 0.4) is 0 Å². The third kappa shape index (κ3) is 3.26. The number of carbonyl (C=O) groups is 1. The Labute approximate surface area is 141 Å². The summed E-state index contributed by atoms with van der Waals surface area (Å²) in [6, 6.07) is 8.21. The van der Waals surface area contributed by atoms with Gasteiger partial charge in [-0.15, -0.1) is 0 Å². The Morgan fingerprint density at radius 2 is 2.21 bits per heavy atom. The van der Waals surface area contributed by atoms with Crippen molar-refractivity contribution in [3.05, 3.63) is 47.2 Å². The van der Waals surface area contributed by atoms with Gasteiger partial charge in [-0.2, -0.15) is 5.10 Å². The molecule has 0 fully saturated rings. The summed E-state index contributed by atoms with van der Waals surface area (Å²) in [5.41, 5.74) is 5.96. The van der Waals surface area contributed by atoms with E-state index < -0.39 is 0 Å². The van der Waals surface area contributed by atoms with Crippen molar-refractivity contribution in [3.8, 4) is 11.3 Å². The molecule has 0 amide bonds. The SMILES string of the molecule is CCOC(=O)c1cc(-c2cc(C3=CCOCC3)ccc2C)n(C)n1. The van der Waals surface area contributed by atoms with Crippen molar-refractivity contribution < 1.29 is 14.3 Å². The lowest BCUT2D eigenvalue weighted by Gasteiger charge is -2.15. The Hall–Kier alpha value is -2.40. The second-order valence-corrected chi connectivity index (χ2v) is 5.84. The van der Waals surface area contributed by atoms with E-state index in [2.05, 4.69) is 36.3 Å². The molecule has 2 aromatic rings. The summed E-state index contributed by atoms with van der Waals surface area (Å²) in [6.07, 6.45) is 3.05. The first-order valence-electron chi connectivity index (χ1n) is 8.19. The van der Waals surface area contributed by atoms with E-state index in [9.17, 15) is 4.79 Å². The highest BCUT2D eigenvalue weighted by atomic mass is 16.5. The zero-order valence-electron chi connectivity index (χ0n) is 14.3. The van der Waals surface area contributed by atoms with Crippen LogP contribution in [0, 0.1) is 6.92 Å². The third-order valence-electron chi connectivity index (χ3n) is 4.21. The Morgan fingerprint density at radius 3 is 2.92 bits per heavy atom. The van der Waals surface area contributed by atoms with Crippen molar-refractivity contribution in [3.63, 3.8) is 0 Å². The molecule has 0 N–H and O–H groups in total. The molecule has 0 spiro atoms. The van der Waals surface area contributed by atoms with E-state index in [4.69, 9.17) is 9.47 Å². The van der Waals surface area contributed by atoms with E-state index >= 15 is 0 Å². The highest BCUT2D eigenvalue weighted by Gasteiger charge is 2.17. The highest BCUT2D eigenvalue weighted by Crippen LogP contribution is 2.29. The van der Waals surface area contributed by atoms with Gasteiger partial charge in [0.1, 0.15) is 0 Å². The minimum Gasteiger partial charge on any atom is -0.461 e. The Balaban J connectivity index is 2.00. The average molecular weight is 326 g/mol. The first-order chi connectivity index (χ1) is 11.6. The maximum absolute atomic E-state index is 11.9. The fraction of sp³-hybridized carbons (Fsp3) is 0.368. The summed E-state index contributed by atoms with van der Waals surface area (Å²) in [4.78, 5) is 11.9. The van der Waals surface area contributed by atoms with Gasteiger partial charge in [0.2, 0.25) is 0 Å². The van der Waals surface area contributed by atoms with Crippen molar-refractivity contribution in [1.29, 1.82) is 0 Å². The van der Waals surface area contributed by atoms with Crippen LogP contribution in [0.1, 0.15) is 35.0 Å². The van der Waals surface area contributed by atoms with Crippen LogP contribution in [0.2, 0.25) is 0 Å². The predicted octanol–water partition coefficient (Wildman–Crippen LogP) is 3.38. The summed E-state index contributed by atoms with van der Waals surface area (Å²) >= 11 is 0. The summed E-state index contributed by atoms with van der Waals surface area (Å²) in [5.74, 6) is -0.389. The van der Waals surface area contributed by atoms with Crippen molar-refractivity contribution in [1.82, 2.24) is 9.78 Å². The highest BCUT2D eigenvalue weighted by molar-refractivity contribution is 5.89. The molecule has 1 aromatic heterocycles. The van der Waals surface area contributed by atoms with E-state index in [0.717, 1.165) is 29.8 Å². The molecule has 0 atom stereocenters. The van der Waals surface area contributed by atoms with Crippen molar-refractivity contribution >= 4 is 11.5 Å². The molecule has 1 aliphatic rings. The normalized spacial score (nSPS) is 14.4. The van der Waals surface area contributed by atoms with Crippen LogP contribution in [0.4, 0.5) is 0 Å². The molecular formula is C19H22N2O3. The van der Waals surface area contributed by atoms with E-state index in [-0.39, 0.29) is 5.97 Å². The van der Waals surface area contributed by atoms with E-state index in [1.54, 1.807) is 17.7 Å². The number of aromatic nitrogens is 2. The second kappa shape index (κ2) is 7.01. The zero-order valence-corrected chi connectivity index (χ0v) is 14.3. The topological polar surface area (TPSA) is 53.4 Å². The lowest BCUT2D eigenvalue weighted by atomic mass is 9.95. The molecule has 1 aliphatic heterocycles. The largest absolute Gasteiger partial charge is 0.461 e. The number of esters is 1. The van der Waals surface area contributed by atoms with Gasteiger partial charge < -0.3 is 9.47 Å². The van der Waals surface area contributed by atoms with Gasteiger partial charge in [-0.1, -0.05) is 18.2 Å². The second-order valence-electron chi connectivity index (χ2n) is 5.84. The average Bonchev–Trinajstić information content (AvgIpc) is 2.98. The Kier molecular flexibility index (Phi) is 4.81. The molecule has 5 nitrogen and oxygen atoms in total. The molecule has 2 heterocycles. The molecule has 0 unspecified atom stereocenters. The van der Waals surface area contributed by atoms with Crippen molar-refractivity contribution in [2.75, 3.05) is 19.8 Å². The summed E-state index contributed by atoms with van der Waals surface area (Å²) < 4.78 is 12.2. The smallest absolute Gasteiger partial charge is 0.358 e. The van der Waals surface area contributed by atoms with Crippen LogP contribution in [0.15, 0.2) is 30.3 Å². The zero-order chi connectivity index (χ0) is 17.1. The maximum Gasteiger partial charge on any atom is 0.358 e. The van der Waals surface area contributed by atoms with Gasteiger partial charge in [0, 0.05) is 12.6 Å². The van der Waals surface area contributed by atoms with Crippen LogP contribution in [-0.2, 0) is 16.5 Å². The quantitative estimate of drug-likeness (QED) is 0.808. The monoisotopic (exact) mass is 326 g/mol. The summed E-state index contributed by atoms with van der Waals surface area (Å²) in [6.45, 7) is 5.62. The van der Waals surface area contributed by atoms with E-state index in [1.165, 1.54) is 11.1 Å². The molecule has 0 saturated heterocycles. The number of carbonyl (C=O) groups excluding carboxylic acids is 1. The molecule has 1 aromatic carbocycles. The number of rotatable bonds is 4. The minimum atomic E-state index is -0.389. The number of benzene rings is 1. The summed E-state index contributed by atoms with van der Waals surface area (Å²) in [7, 11) is 1.85. The Morgan fingerprint density at radius 1 is 1.38 bits per heavy atom. The van der Waals surface area contributed by atoms with Crippen LogP contribution in [0.5, 0.6) is 0 Å². The van der Waals surface area contributed by atoms with Gasteiger partial charge in [-0.05, 0) is 49.1 Å². The van der Waals surface area contributed by atoms with Gasteiger partial charge in [0.25, 0.3) is 0 Å². The van der Waals surface area contributed by atoms with Crippen LogP contribution in [-0.4, -0.2) is 35.6 Å². The van der Waals surface area contributed by atoms with E-state index in [0.29, 0.717) is 18.9 Å². The minimum absolute atomic E-state index is 0.337. The van der Waals surface area contributed by atoms with Gasteiger partial charge in [0.15, 0.2) is 5.69 Å². The molecule has 0 bridgehead atoms. The molecule has 3 rings (SSSR count). The van der Waals surface area contributed by atoms with Gasteiger partial charge in [0.05, 0.1) is 25.5 Å². The lowest BCUT2D eigenvalue weighted by molar-refractivity contribution is 0.0518. The molecule has 24 heavy (non-hydrogen) atoms. The predicted molar refractivity (Wildman–Crippen MR) is 92.8 cm³/mol. The first-order valence-corrected chi connectivity index (χ1v) is 8.19. The standard InChI is InChI=1S/C19H22N2O3/c1-4-24-19(22)17-12-18(21(3)20-17)16-11-15(6-5-13(16)2)14-7-9-23-10-8-14/h5-7,11-12H,4,8-10H2,1-3H3. The Bertz CT molecular complexity index is 790. The van der Waals surface area contributed by atoms with Gasteiger partial charge in [-0.25, -0.2) is 4.79 Å². The number of nitrogens with zero attached hydrogens (tertiary/aromatic N) is 2. The van der Waals surface area contributed by atoms with Crippen molar-refractivity contribution in [2.24, 2.45) is 7.05 Å². The number of hydrogen-bond donors (Lipinski definition) is 0. The molecule has 126 valence electrons. The van der Waals surface area contributed by atoms with Gasteiger partial charge >= 0.3 is 5.97 Å². The number of aryl methyl sites for hydroxylation is 2. The molecular weight excluding hydrogens is 304 g/mol. The van der Waals surface area contributed by atoms with Crippen molar-refractivity contribution in [2.45, 2.75) is 20.3 Å². The van der Waals surface area contributed by atoms with Crippen LogP contribution in [0.25, 0.3) is 16.8 Å². The molecule has 5 heteroatoms. The molecule has 0 radical (unpaired) electrons. The molecule has 0 saturated carbocycles. The number of hydrogen-bond acceptors (Lipinski definition) is 4. The molecule has 0 aliphatic carbocycles. The van der Waals surface area contributed by atoms with E-state index in [1.807, 2.05) is 7.05 Å². The summed E-state index contributed by atoms with van der Waals surface area (Å²) in [5, 5.41) is 4.30. The van der Waals surface area contributed by atoms with Crippen LogP contribution >= 0.6 is 0 Å².